The van der Waals surface area contributed by atoms with Crippen LogP contribution in [0.2, 0.25) is 0 Å². The smallest absolute Gasteiger partial charge is 0.118 e. The van der Waals surface area contributed by atoms with E-state index in [1.165, 1.54) is 5.56 Å². The van der Waals surface area contributed by atoms with Crippen molar-refractivity contribution < 1.29 is 9.47 Å². The quantitative estimate of drug-likeness (QED) is 0.705. The summed E-state index contributed by atoms with van der Waals surface area (Å²) in [5.74, 6) is 0.897. The minimum atomic E-state index is 0.359. The molecule has 0 aromatic heterocycles. The normalized spacial score (nSPS) is 12.4. The summed E-state index contributed by atoms with van der Waals surface area (Å²) < 4.78 is 10.6. The third kappa shape index (κ3) is 4.75. The largest absolute Gasteiger partial charge is 0.497 e. The number of methoxy groups -OCH3 is 1. The minimum absolute atomic E-state index is 0.359. The maximum absolute atomic E-state index is 5.41. The van der Waals surface area contributed by atoms with E-state index in [1.54, 1.807) is 7.11 Å². The summed E-state index contributed by atoms with van der Waals surface area (Å²) in [4.78, 5) is 0. The van der Waals surface area contributed by atoms with Crippen molar-refractivity contribution in [2.24, 2.45) is 0 Å². The first kappa shape index (κ1) is 14.0. The van der Waals surface area contributed by atoms with Crippen LogP contribution < -0.4 is 10.1 Å². The Morgan fingerprint density at radius 3 is 2.41 bits per heavy atom. The number of nitrogens with one attached hydrogen (secondary N) is 1. The van der Waals surface area contributed by atoms with Crippen LogP contribution in [0.1, 0.15) is 31.9 Å². The Balaban J connectivity index is 2.60. The van der Waals surface area contributed by atoms with Crippen molar-refractivity contribution in [3.63, 3.8) is 0 Å². The van der Waals surface area contributed by atoms with Crippen molar-refractivity contribution in [1.82, 2.24) is 5.32 Å². The van der Waals surface area contributed by atoms with Crippen LogP contribution in [-0.2, 0) is 4.74 Å². The SMILES string of the molecule is CCNC(CCOCC)c1ccc(OC)cc1. The monoisotopic (exact) mass is 237 g/mol. The molecular weight excluding hydrogens is 214 g/mol. The van der Waals surface area contributed by atoms with Crippen molar-refractivity contribution in [2.75, 3.05) is 26.9 Å². The van der Waals surface area contributed by atoms with Crippen molar-refractivity contribution in [3.8, 4) is 5.75 Å². The van der Waals surface area contributed by atoms with Gasteiger partial charge in [0, 0.05) is 19.3 Å². The van der Waals surface area contributed by atoms with Gasteiger partial charge >= 0.3 is 0 Å². The van der Waals surface area contributed by atoms with E-state index in [4.69, 9.17) is 9.47 Å². The summed E-state index contributed by atoms with van der Waals surface area (Å²) in [7, 11) is 1.69. The number of rotatable bonds is 8. The lowest BCUT2D eigenvalue weighted by Gasteiger charge is -2.18. The minimum Gasteiger partial charge on any atom is -0.497 e. The molecule has 0 fully saturated rings. The van der Waals surface area contributed by atoms with Gasteiger partial charge in [-0.3, -0.25) is 0 Å². The van der Waals surface area contributed by atoms with Crippen LogP contribution in [0.15, 0.2) is 24.3 Å². The van der Waals surface area contributed by atoms with Gasteiger partial charge in [0.1, 0.15) is 5.75 Å². The summed E-state index contributed by atoms with van der Waals surface area (Å²) in [6.45, 7) is 6.68. The molecular formula is C14H23NO2. The Morgan fingerprint density at radius 1 is 1.18 bits per heavy atom. The van der Waals surface area contributed by atoms with Gasteiger partial charge in [-0.05, 0) is 37.6 Å². The topological polar surface area (TPSA) is 30.5 Å². The van der Waals surface area contributed by atoms with Gasteiger partial charge < -0.3 is 14.8 Å². The zero-order valence-electron chi connectivity index (χ0n) is 11.0. The molecule has 1 aromatic rings. The highest BCUT2D eigenvalue weighted by Crippen LogP contribution is 2.20. The molecule has 0 radical (unpaired) electrons. The molecule has 1 atom stereocenters. The van der Waals surface area contributed by atoms with Crippen LogP contribution >= 0.6 is 0 Å². The van der Waals surface area contributed by atoms with Crippen molar-refractivity contribution in [3.05, 3.63) is 29.8 Å². The molecule has 1 N–H and O–H groups in total. The van der Waals surface area contributed by atoms with Gasteiger partial charge in [0.25, 0.3) is 0 Å². The van der Waals surface area contributed by atoms with Gasteiger partial charge in [-0.2, -0.15) is 0 Å². The van der Waals surface area contributed by atoms with Gasteiger partial charge in [-0.1, -0.05) is 19.1 Å². The predicted molar refractivity (Wildman–Crippen MR) is 70.5 cm³/mol. The number of hydrogen-bond acceptors (Lipinski definition) is 3. The van der Waals surface area contributed by atoms with Gasteiger partial charge in [-0.25, -0.2) is 0 Å². The third-order valence-corrected chi connectivity index (χ3v) is 2.72. The van der Waals surface area contributed by atoms with E-state index >= 15 is 0 Å². The fraction of sp³-hybridized carbons (Fsp3) is 0.571. The molecule has 3 heteroatoms. The summed E-state index contributed by atoms with van der Waals surface area (Å²) >= 11 is 0. The Labute approximate surface area is 104 Å². The second kappa shape index (κ2) is 8.09. The van der Waals surface area contributed by atoms with E-state index < -0.39 is 0 Å². The molecule has 0 saturated carbocycles. The van der Waals surface area contributed by atoms with Gasteiger partial charge in [0.15, 0.2) is 0 Å². The number of ether oxygens (including phenoxy) is 2. The fourth-order valence-corrected chi connectivity index (χ4v) is 1.81. The van der Waals surface area contributed by atoms with Crippen LogP contribution in [0.5, 0.6) is 5.75 Å². The Morgan fingerprint density at radius 2 is 1.88 bits per heavy atom. The highest BCUT2D eigenvalue weighted by atomic mass is 16.5. The summed E-state index contributed by atoms with van der Waals surface area (Å²) in [5, 5.41) is 3.47. The molecule has 1 rings (SSSR count). The van der Waals surface area contributed by atoms with Crippen molar-refractivity contribution >= 4 is 0 Å². The summed E-state index contributed by atoms with van der Waals surface area (Å²) in [5.41, 5.74) is 1.28. The lowest BCUT2D eigenvalue weighted by atomic mass is 10.0. The first-order chi connectivity index (χ1) is 8.31. The fourth-order valence-electron chi connectivity index (χ4n) is 1.81. The highest BCUT2D eigenvalue weighted by Gasteiger charge is 2.09. The average Bonchev–Trinajstić information content (AvgIpc) is 2.38. The van der Waals surface area contributed by atoms with Crippen LogP contribution in [0.4, 0.5) is 0 Å². The van der Waals surface area contributed by atoms with Crippen molar-refractivity contribution in [1.29, 1.82) is 0 Å². The highest BCUT2D eigenvalue weighted by molar-refractivity contribution is 5.29. The maximum atomic E-state index is 5.41. The van der Waals surface area contributed by atoms with Crippen LogP contribution in [0.3, 0.4) is 0 Å². The first-order valence-corrected chi connectivity index (χ1v) is 6.26. The van der Waals surface area contributed by atoms with Gasteiger partial charge in [0.2, 0.25) is 0 Å². The number of benzene rings is 1. The second-order valence-corrected chi connectivity index (χ2v) is 3.87. The first-order valence-electron chi connectivity index (χ1n) is 6.26. The van der Waals surface area contributed by atoms with Crippen molar-refractivity contribution in [2.45, 2.75) is 26.3 Å². The zero-order valence-corrected chi connectivity index (χ0v) is 11.0. The van der Waals surface area contributed by atoms with E-state index in [2.05, 4.69) is 24.4 Å². The predicted octanol–water partition coefficient (Wildman–Crippen LogP) is 2.77. The molecule has 0 saturated heterocycles. The van der Waals surface area contributed by atoms with E-state index in [-0.39, 0.29) is 0 Å². The molecule has 0 aliphatic heterocycles. The van der Waals surface area contributed by atoms with Gasteiger partial charge in [0.05, 0.1) is 7.11 Å². The molecule has 0 amide bonds. The van der Waals surface area contributed by atoms with E-state index in [0.717, 1.165) is 31.9 Å². The molecule has 0 aliphatic rings. The lowest BCUT2D eigenvalue weighted by Crippen LogP contribution is -2.22. The maximum Gasteiger partial charge on any atom is 0.118 e. The molecule has 0 bridgehead atoms. The molecule has 1 aromatic carbocycles. The molecule has 1 unspecified atom stereocenters. The Bertz CT molecular complexity index is 298. The molecule has 0 aliphatic carbocycles. The van der Waals surface area contributed by atoms with Crippen LogP contribution in [0.25, 0.3) is 0 Å². The van der Waals surface area contributed by atoms with E-state index in [1.807, 2.05) is 19.1 Å². The third-order valence-electron chi connectivity index (χ3n) is 2.72. The van der Waals surface area contributed by atoms with E-state index in [9.17, 15) is 0 Å². The average molecular weight is 237 g/mol. The van der Waals surface area contributed by atoms with Crippen LogP contribution in [-0.4, -0.2) is 26.9 Å². The second-order valence-electron chi connectivity index (χ2n) is 3.87. The summed E-state index contributed by atoms with van der Waals surface area (Å²) in [6.07, 6.45) is 0.994. The van der Waals surface area contributed by atoms with Gasteiger partial charge in [-0.15, -0.1) is 0 Å². The Hall–Kier alpha value is -1.06. The van der Waals surface area contributed by atoms with E-state index in [0.29, 0.717) is 6.04 Å². The Kier molecular flexibility index (Phi) is 6.67. The summed E-state index contributed by atoms with van der Waals surface area (Å²) in [6, 6.07) is 8.58. The molecule has 0 spiro atoms. The molecule has 17 heavy (non-hydrogen) atoms. The molecule has 0 heterocycles. The van der Waals surface area contributed by atoms with Crippen LogP contribution in [0, 0.1) is 0 Å². The zero-order chi connectivity index (χ0) is 12.5. The lowest BCUT2D eigenvalue weighted by molar-refractivity contribution is 0.136. The molecule has 3 nitrogen and oxygen atoms in total. The standard InChI is InChI=1S/C14H23NO2/c1-4-15-14(10-11-17-5-2)12-6-8-13(16-3)9-7-12/h6-9,14-15H,4-5,10-11H2,1-3H3. The molecule has 96 valence electrons. The number of hydrogen-bond donors (Lipinski definition) is 1.